The first-order chi connectivity index (χ1) is 7.47. The van der Waals surface area contributed by atoms with Crippen LogP contribution in [0.15, 0.2) is 22.7 Å². The van der Waals surface area contributed by atoms with Crippen LogP contribution in [-0.2, 0) is 4.79 Å². The van der Waals surface area contributed by atoms with Gasteiger partial charge >= 0.3 is 0 Å². The van der Waals surface area contributed by atoms with E-state index in [2.05, 4.69) is 37.9 Å². The predicted molar refractivity (Wildman–Crippen MR) is 70.7 cm³/mol. The molecule has 1 atom stereocenters. The van der Waals surface area contributed by atoms with Gasteiger partial charge in [0, 0.05) is 11.5 Å². The SMILES string of the molecule is CC(Br)C(=O)N(C)c1ccc(Br)cc1C#N. The molecule has 0 N–H and O–H groups in total. The van der Waals surface area contributed by atoms with Gasteiger partial charge in [0.25, 0.3) is 0 Å². The minimum Gasteiger partial charge on any atom is -0.313 e. The van der Waals surface area contributed by atoms with Gasteiger partial charge in [-0.15, -0.1) is 0 Å². The maximum absolute atomic E-state index is 11.8. The number of carbonyl (C=O) groups excluding carboxylic acids is 1. The van der Waals surface area contributed by atoms with Crippen LogP contribution in [0.3, 0.4) is 0 Å². The lowest BCUT2D eigenvalue weighted by Gasteiger charge is -2.20. The van der Waals surface area contributed by atoms with Crippen LogP contribution in [0.2, 0.25) is 0 Å². The Bertz CT molecular complexity index is 452. The molecule has 0 aromatic heterocycles. The van der Waals surface area contributed by atoms with Crippen LogP contribution in [-0.4, -0.2) is 17.8 Å². The van der Waals surface area contributed by atoms with Gasteiger partial charge < -0.3 is 4.90 Å². The van der Waals surface area contributed by atoms with Crippen molar-refractivity contribution in [2.75, 3.05) is 11.9 Å². The summed E-state index contributed by atoms with van der Waals surface area (Å²) in [6.45, 7) is 1.75. The highest BCUT2D eigenvalue weighted by Gasteiger charge is 2.18. The number of halogens is 2. The quantitative estimate of drug-likeness (QED) is 0.773. The minimum absolute atomic E-state index is 0.0844. The van der Waals surface area contributed by atoms with Crippen LogP contribution in [0.4, 0.5) is 5.69 Å². The zero-order valence-corrected chi connectivity index (χ0v) is 12.0. The third-order valence-corrected chi connectivity index (χ3v) is 3.00. The standard InChI is InChI=1S/C11H10Br2N2O/c1-7(12)11(16)15(2)10-4-3-9(13)5-8(10)6-14/h3-5,7H,1-2H3. The van der Waals surface area contributed by atoms with Crippen molar-refractivity contribution in [1.29, 1.82) is 5.26 Å². The second-order valence-corrected chi connectivity index (χ2v) is 5.58. The normalized spacial score (nSPS) is 11.7. The van der Waals surface area contributed by atoms with Crippen LogP contribution in [0.1, 0.15) is 12.5 Å². The van der Waals surface area contributed by atoms with Gasteiger partial charge in [0.2, 0.25) is 5.91 Å². The summed E-state index contributed by atoms with van der Waals surface area (Å²) in [5.74, 6) is -0.0844. The molecular formula is C11H10Br2N2O. The molecule has 1 unspecified atom stereocenters. The second-order valence-electron chi connectivity index (χ2n) is 3.29. The molecule has 1 rings (SSSR count). The number of hydrogen-bond donors (Lipinski definition) is 0. The third-order valence-electron chi connectivity index (χ3n) is 2.11. The largest absolute Gasteiger partial charge is 0.313 e. The van der Waals surface area contributed by atoms with Crippen molar-refractivity contribution in [1.82, 2.24) is 0 Å². The van der Waals surface area contributed by atoms with E-state index < -0.39 is 0 Å². The zero-order valence-electron chi connectivity index (χ0n) is 8.87. The number of nitriles is 1. The van der Waals surface area contributed by atoms with Gasteiger partial charge in [0.05, 0.1) is 16.1 Å². The molecular weight excluding hydrogens is 336 g/mol. The first-order valence-electron chi connectivity index (χ1n) is 4.58. The Morgan fingerprint density at radius 1 is 1.56 bits per heavy atom. The first kappa shape index (κ1) is 13.2. The number of carbonyl (C=O) groups is 1. The van der Waals surface area contributed by atoms with Crippen LogP contribution >= 0.6 is 31.9 Å². The maximum Gasteiger partial charge on any atom is 0.240 e. The van der Waals surface area contributed by atoms with Gasteiger partial charge in [0.15, 0.2) is 0 Å². The van der Waals surface area contributed by atoms with Gasteiger partial charge in [-0.05, 0) is 25.1 Å². The maximum atomic E-state index is 11.8. The van der Waals surface area contributed by atoms with Crippen molar-refractivity contribution in [3.63, 3.8) is 0 Å². The topological polar surface area (TPSA) is 44.1 Å². The number of nitrogens with zero attached hydrogens (tertiary/aromatic N) is 2. The van der Waals surface area contributed by atoms with E-state index in [-0.39, 0.29) is 10.7 Å². The Morgan fingerprint density at radius 3 is 2.69 bits per heavy atom. The molecule has 0 fully saturated rings. The van der Waals surface area contributed by atoms with Gasteiger partial charge in [-0.3, -0.25) is 4.79 Å². The summed E-state index contributed by atoms with van der Waals surface area (Å²) >= 11 is 6.50. The van der Waals surface area contributed by atoms with Crippen LogP contribution in [0.25, 0.3) is 0 Å². The van der Waals surface area contributed by atoms with Crippen LogP contribution in [0, 0.1) is 11.3 Å². The van der Waals surface area contributed by atoms with E-state index in [0.717, 1.165) is 4.47 Å². The molecule has 16 heavy (non-hydrogen) atoms. The van der Waals surface area contributed by atoms with Gasteiger partial charge in [-0.1, -0.05) is 31.9 Å². The average molecular weight is 346 g/mol. The fourth-order valence-electron chi connectivity index (χ4n) is 1.28. The molecule has 0 bridgehead atoms. The Labute approximate surface area is 111 Å². The number of amides is 1. The lowest BCUT2D eigenvalue weighted by Crippen LogP contribution is -2.32. The van der Waals surface area contributed by atoms with Gasteiger partial charge in [-0.2, -0.15) is 5.26 Å². The fourth-order valence-corrected chi connectivity index (χ4v) is 1.94. The smallest absolute Gasteiger partial charge is 0.240 e. The first-order valence-corrected chi connectivity index (χ1v) is 6.29. The van der Waals surface area contributed by atoms with Crippen molar-refractivity contribution < 1.29 is 4.79 Å². The van der Waals surface area contributed by atoms with Crippen molar-refractivity contribution in [3.8, 4) is 6.07 Å². The highest BCUT2D eigenvalue weighted by Crippen LogP contribution is 2.24. The molecule has 0 heterocycles. The lowest BCUT2D eigenvalue weighted by molar-refractivity contribution is -0.117. The highest BCUT2D eigenvalue weighted by molar-refractivity contribution is 9.10. The minimum atomic E-state index is -0.271. The van der Waals surface area contributed by atoms with Crippen LogP contribution in [0.5, 0.6) is 0 Å². The summed E-state index contributed by atoms with van der Waals surface area (Å²) in [6, 6.07) is 7.31. The highest BCUT2D eigenvalue weighted by atomic mass is 79.9. The summed E-state index contributed by atoms with van der Waals surface area (Å²) in [6.07, 6.45) is 0. The number of anilines is 1. The van der Waals surface area contributed by atoms with Crippen LogP contribution < -0.4 is 4.90 Å². The van der Waals surface area contributed by atoms with E-state index in [1.54, 1.807) is 32.2 Å². The molecule has 0 radical (unpaired) electrons. The Hall–Kier alpha value is -0.860. The van der Waals surface area contributed by atoms with E-state index in [1.807, 2.05) is 0 Å². The molecule has 0 spiro atoms. The monoisotopic (exact) mass is 344 g/mol. The summed E-state index contributed by atoms with van der Waals surface area (Å²) < 4.78 is 0.820. The van der Waals surface area contributed by atoms with E-state index in [9.17, 15) is 4.79 Å². The molecule has 1 aromatic rings. The number of rotatable bonds is 2. The van der Waals surface area contributed by atoms with Crippen molar-refractivity contribution in [2.45, 2.75) is 11.8 Å². The second kappa shape index (κ2) is 5.46. The number of alkyl halides is 1. The summed E-state index contributed by atoms with van der Waals surface area (Å²) in [5.41, 5.74) is 1.08. The van der Waals surface area contributed by atoms with E-state index >= 15 is 0 Å². The van der Waals surface area contributed by atoms with E-state index in [1.165, 1.54) is 4.90 Å². The Morgan fingerprint density at radius 2 is 2.19 bits per heavy atom. The third kappa shape index (κ3) is 2.83. The molecule has 0 aliphatic heterocycles. The summed E-state index contributed by atoms with van der Waals surface area (Å²) in [4.78, 5) is 13.0. The zero-order chi connectivity index (χ0) is 12.3. The van der Waals surface area contributed by atoms with Crippen molar-refractivity contribution in [2.24, 2.45) is 0 Å². The van der Waals surface area contributed by atoms with E-state index in [0.29, 0.717) is 11.3 Å². The summed E-state index contributed by atoms with van der Waals surface area (Å²) in [7, 11) is 1.66. The molecule has 0 saturated carbocycles. The van der Waals surface area contributed by atoms with Gasteiger partial charge in [-0.25, -0.2) is 0 Å². The molecule has 1 amide bonds. The molecule has 84 valence electrons. The lowest BCUT2D eigenvalue weighted by atomic mass is 10.2. The van der Waals surface area contributed by atoms with E-state index in [4.69, 9.17) is 5.26 Å². The molecule has 0 saturated heterocycles. The number of benzene rings is 1. The van der Waals surface area contributed by atoms with Crippen molar-refractivity contribution >= 4 is 43.5 Å². The molecule has 1 aromatic carbocycles. The molecule has 0 aliphatic carbocycles. The van der Waals surface area contributed by atoms with Gasteiger partial charge in [0.1, 0.15) is 6.07 Å². The molecule has 5 heteroatoms. The summed E-state index contributed by atoms with van der Waals surface area (Å²) in [5, 5.41) is 8.99. The predicted octanol–water partition coefficient (Wildman–Crippen LogP) is 3.07. The fraction of sp³-hybridized carbons (Fsp3) is 0.273. The molecule has 3 nitrogen and oxygen atoms in total. The number of hydrogen-bond acceptors (Lipinski definition) is 2. The Balaban J connectivity index is 3.14. The average Bonchev–Trinajstić information content (AvgIpc) is 2.26. The molecule has 0 aliphatic rings. The Kier molecular flexibility index (Phi) is 4.51. The van der Waals surface area contributed by atoms with Crippen molar-refractivity contribution in [3.05, 3.63) is 28.2 Å².